The highest BCUT2D eigenvalue weighted by atomic mass is 32.2. The van der Waals surface area contributed by atoms with E-state index in [-0.39, 0.29) is 6.61 Å². The third-order valence-electron chi connectivity index (χ3n) is 3.31. The van der Waals surface area contributed by atoms with Crippen molar-refractivity contribution < 1.29 is 18.3 Å². The Morgan fingerprint density at radius 1 is 1.30 bits per heavy atom. The van der Waals surface area contributed by atoms with Crippen LogP contribution in [-0.4, -0.2) is 56.9 Å². The molecular formula is C14H31NO4S. The number of rotatable bonds is 11. The molecule has 5 nitrogen and oxygen atoms in total. The molecule has 2 N–H and O–H groups in total. The molecule has 0 saturated heterocycles. The van der Waals surface area contributed by atoms with Crippen LogP contribution in [0.4, 0.5) is 0 Å². The number of aliphatic hydroxyl groups excluding tert-OH is 1. The molecule has 0 aromatic rings. The first-order chi connectivity index (χ1) is 9.06. The Balaban J connectivity index is 3.72. The van der Waals surface area contributed by atoms with Gasteiger partial charge in [0.05, 0.1) is 17.5 Å². The quantitative estimate of drug-likeness (QED) is 0.561. The van der Waals surface area contributed by atoms with Gasteiger partial charge in [-0.05, 0) is 32.6 Å². The standard InChI is InChI=1S/C14H31NO4S/c1-12(2)7-6-8-19-10-13(16)9-15-11-14(3,4)20(5,17)18/h12-13,15-16H,6-11H2,1-5H3. The van der Waals surface area contributed by atoms with Crippen LogP contribution in [0.3, 0.4) is 0 Å². The summed E-state index contributed by atoms with van der Waals surface area (Å²) in [6.07, 6.45) is 2.74. The zero-order valence-corrected chi connectivity index (χ0v) is 14.3. The molecule has 0 aliphatic rings. The van der Waals surface area contributed by atoms with Crippen LogP contribution in [0.1, 0.15) is 40.5 Å². The molecule has 0 radical (unpaired) electrons. The Labute approximate surface area is 124 Å². The summed E-state index contributed by atoms with van der Waals surface area (Å²) < 4.78 is 27.6. The lowest BCUT2D eigenvalue weighted by Gasteiger charge is -2.23. The summed E-state index contributed by atoms with van der Waals surface area (Å²) in [4.78, 5) is 0. The van der Waals surface area contributed by atoms with E-state index in [0.717, 1.165) is 12.8 Å². The molecule has 0 aromatic carbocycles. The summed E-state index contributed by atoms with van der Waals surface area (Å²) in [5.74, 6) is 0.670. The van der Waals surface area contributed by atoms with Crippen molar-refractivity contribution >= 4 is 9.84 Å². The van der Waals surface area contributed by atoms with Crippen LogP contribution >= 0.6 is 0 Å². The van der Waals surface area contributed by atoms with Crippen molar-refractivity contribution in [3.8, 4) is 0 Å². The van der Waals surface area contributed by atoms with Crippen molar-refractivity contribution in [3.63, 3.8) is 0 Å². The normalized spacial score (nSPS) is 14.8. The molecule has 122 valence electrons. The molecule has 0 aliphatic heterocycles. The highest BCUT2D eigenvalue weighted by Gasteiger charge is 2.29. The number of sulfone groups is 1. The summed E-state index contributed by atoms with van der Waals surface area (Å²) in [5.41, 5.74) is 0. The van der Waals surface area contributed by atoms with Gasteiger partial charge in [-0.2, -0.15) is 0 Å². The molecule has 0 fully saturated rings. The lowest BCUT2D eigenvalue weighted by atomic mass is 10.1. The minimum Gasteiger partial charge on any atom is -0.389 e. The van der Waals surface area contributed by atoms with Gasteiger partial charge in [-0.15, -0.1) is 0 Å². The molecule has 1 atom stereocenters. The molecule has 1 unspecified atom stereocenters. The lowest BCUT2D eigenvalue weighted by Crippen LogP contribution is -2.44. The van der Waals surface area contributed by atoms with Crippen LogP contribution in [0, 0.1) is 5.92 Å². The van der Waals surface area contributed by atoms with E-state index in [1.807, 2.05) is 0 Å². The summed E-state index contributed by atoms with van der Waals surface area (Å²) in [5, 5.41) is 12.7. The molecule has 6 heteroatoms. The van der Waals surface area contributed by atoms with Gasteiger partial charge in [0.2, 0.25) is 0 Å². The predicted octanol–water partition coefficient (Wildman–Crippen LogP) is 1.21. The van der Waals surface area contributed by atoms with Crippen LogP contribution in [0.5, 0.6) is 0 Å². The summed E-state index contributed by atoms with van der Waals surface area (Å²) in [7, 11) is -3.11. The molecule has 0 aromatic heterocycles. The second-order valence-electron chi connectivity index (χ2n) is 6.43. The van der Waals surface area contributed by atoms with Gasteiger partial charge in [0, 0.05) is 26.0 Å². The molecule has 20 heavy (non-hydrogen) atoms. The maximum absolute atomic E-state index is 11.5. The molecular weight excluding hydrogens is 278 g/mol. The second-order valence-corrected chi connectivity index (χ2v) is 9.08. The second kappa shape index (κ2) is 8.97. The van der Waals surface area contributed by atoms with Crippen LogP contribution < -0.4 is 5.32 Å². The van der Waals surface area contributed by atoms with Crippen LogP contribution in [0.25, 0.3) is 0 Å². The van der Waals surface area contributed by atoms with E-state index < -0.39 is 20.7 Å². The smallest absolute Gasteiger partial charge is 0.153 e. The van der Waals surface area contributed by atoms with E-state index in [0.29, 0.717) is 25.6 Å². The van der Waals surface area contributed by atoms with Crippen molar-refractivity contribution in [2.75, 3.05) is 32.6 Å². The number of aliphatic hydroxyl groups is 1. The Bertz CT molecular complexity index is 352. The highest BCUT2D eigenvalue weighted by Crippen LogP contribution is 2.13. The van der Waals surface area contributed by atoms with Gasteiger partial charge in [-0.1, -0.05) is 13.8 Å². The van der Waals surface area contributed by atoms with E-state index >= 15 is 0 Å². The number of nitrogens with one attached hydrogen (secondary N) is 1. The SMILES string of the molecule is CC(C)CCCOCC(O)CNCC(C)(C)S(C)(=O)=O. The monoisotopic (exact) mass is 309 g/mol. The Morgan fingerprint density at radius 2 is 1.90 bits per heavy atom. The summed E-state index contributed by atoms with van der Waals surface area (Å²) >= 11 is 0. The third kappa shape index (κ3) is 8.89. The van der Waals surface area contributed by atoms with E-state index in [1.54, 1.807) is 13.8 Å². The molecule has 0 heterocycles. The number of hydrogen-bond acceptors (Lipinski definition) is 5. The fourth-order valence-electron chi connectivity index (χ4n) is 1.54. The van der Waals surface area contributed by atoms with E-state index in [9.17, 15) is 13.5 Å². The Morgan fingerprint density at radius 3 is 2.40 bits per heavy atom. The highest BCUT2D eigenvalue weighted by molar-refractivity contribution is 7.92. The fraction of sp³-hybridized carbons (Fsp3) is 1.00. The lowest BCUT2D eigenvalue weighted by molar-refractivity contribution is 0.0347. The van der Waals surface area contributed by atoms with Crippen LogP contribution in [-0.2, 0) is 14.6 Å². The minimum atomic E-state index is -3.11. The van der Waals surface area contributed by atoms with Gasteiger partial charge in [0.1, 0.15) is 0 Å². The van der Waals surface area contributed by atoms with Gasteiger partial charge in [-0.25, -0.2) is 8.42 Å². The van der Waals surface area contributed by atoms with Crippen LogP contribution in [0.15, 0.2) is 0 Å². The minimum absolute atomic E-state index is 0.282. The first kappa shape index (κ1) is 19.8. The first-order valence-electron chi connectivity index (χ1n) is 7.22. The van der Waals surface area contributed by atoms with E-state index in [4.69, 9.17) is 4.74 Å². The topological polar surface area (TPSA) is 75.6 Å². The zero-order valence-electron chi connectivity index (χ0n) is 13.5. The van der Waals surface area contributed by atoms with Gasteiger partial charge >= 0.3 is 0 Å². The van der Waals surface area contributed by atoms with Crippen molar-refractivity contribution in [3.05, 3.63) is 0 Å². The van der Waals surface area contributed by atoms with Gasteiger partial charge < -0.3 is 15.2 Å². The average Bonchev–Trinajstić information content (AvgIpc) is 2.26. The number of hydrogen-bond donors (Lipinski definition) is 2. The van der Waals surface area contributed by atoms with Crippen molar-refractivity contribution in [1.29, 1.82) is 0 Å². The maximum Gasteiger partial charge on any atom is 0.153 e. The van der Waals surface area contributed by atoms with Gasteiger partial charge in [0.15, 0.2) is 9.84 Å². The average molecular weight is 309 g/mol. The van der Waals surface area contributed by atoms with Crippen LogP contribution in [0.2, 0.25) is 0 Å². The van der Waals surface area contributed by atoms with Gasteiger partial charge in [0.25, 0.3) is 0 Å². The Kier molecular flexibility index (Phi) is 8.90. The largest absolute Gasteiger partial charge is 0.389 e. The van der Waals surface area contributed by atoms with E-state index in [2.05, 4.69) is 19.2 Å². The summed E-state index contributed by atoms with van der Waals surface area (Å²) in [6.45, 7) is 9.27. The van der Waals surface area contributed by atoms with E-state index in [1.165, 1.54) is 6.26 Å². The van der Waals surface area contributed by atoms with Gasteiger partial charge in [-0.3, -0.25) is 0 Å². The van der Waals surface area contributed by atoms with Crippen molar-refractivity contribution in [1.82, 2.24) is 5.32 Å². The molecule has 0 bridgehead atoms. The third-order valence-corrected chi connectivity index (χ3v) is 5.47. The molecule has 0 saturated carbocycles. The fourth-order valence-corrected chi connectivity index (χ4v) is 1.91. The molecule has 0 rings (SSSR count). The van der Waals surface area contributed by atoms with Crippen molar-refractivity contribution in [2.24, 2.45) is 5.92 Å². The Hall–Kier alpha value is -0.170. The predicted molar refractivity (Wildman–Crippen MR) is 82.7 cm³/mol. The summed E-state index contributed by atoms with van der Waals surface area (Å²) in [6, 6.07) is 0. The molecule has 0 amide bonds. The zero-order chi connectivity index (χ0) is 15.8. The molecule has 0 aliphatic carbocycles. The van der Waals surface area contributed by atoms with Crippen molar-refractivity contribution in [2.45, 2.75) is 51.4 Å². The maximum atomic E-state index is 11.5. The number of ether oxygens (including phenoxy) is 1. The first-order valence-corrected chi connectivity index (χ1v) is 9.11. The molecule has 0 spiro atoms.